The van der Waals surface area contributed by atoms with Crippen LogP contribution < -0.4 is 14.4 Å². The fourth-order valence-electron chi connectivity index (χ4n) is 6.15. The van der Waals surface area contributed by atoms with E-state index >= 15 is 0 Å². The van der Waals surface area contributed by atoms with E-state index in [9.17, 15) is 26.4 Å². The van der Waals surface area contributed by atoms with Gasteiger partial charge in [0, 0.05) is 66.4 Å². The summed E-state index contributed by atoms with van der Waals surface area (Å²) in [6, 6.07) is 1.88. The van der Waals surface area contributed by atoms with Crippen molar-refractivity contribution < 1.29 is 40.6 Å². The van der Waals surface area contributed by atoms with Gasteiger partial charge in [0.05, 0.1) is 10.2 Å². The van der Waals surface area contributed by atoms with Gasteiger partial charge in [-0.05, 0) is 91.0 Å². The van der Waals surface area contributed by atoms with Crippen LogP contribution in [0.15, 0.2) is 10.5 Å². The third kappa shape index (κ3) is 9.44. The van der Waals surface area contributed by atoms with Gasteiger partial charge in [0.1, 0.15) is 32.9 Å². The number of rotatable bonds is 8. The molecule has 0 saturated carbocycles. The number of benzene rings is 1. The van der Waals surface area contributed by atoms with Crippen molar-refractivity contribution in [2.75, 3.05) is 69.3 Å². The number of halogens is 5. The average molecular weight is 863 g/mol. The molecular formula is C30H40BrF3IN5O6S. The first-order valence-corrected chi connectivity index (χ1v) is 19.4. The number of carbonyl (C=O) groups is 1. The summed E-state index contributed by atoms with van der Waals surface area (Å²) in [5.74, 6) is 0.602. The quantitative estimate of drug-likeness (QED) is 0.308. The number of hydrogen-bond acceptors (Lipinski definition) is 10. The van der Waals surface area contributed by atoms with Crippen molar-refractivity contribution >= 4 is 71.2 Å². The fraction of sp³-hybridized carbons (Fsp3) is 0.700. The van der Waals surface area contributed by atoms with Gasteiger partial charge >= 0.3 is 18.3 Å². The maximum absolute atomic E-state index is 13.3. The minimum atomic E-state index is -4.55. The number of hydrogen-bond donors (Lipinski definition) is 0. The third-order valence-corrected chi connectivity index (χ3v) is 11.9. The second-order valence-corrected chi connectivity index (χ2v) is 18.0. The summed E-state index contributed by atoms with van der Waals surface area (Å²) >= 11 is 5.46. The number of sulfone groups is 1. The van der Waals surface area contributed by atoms with Crippen molar-refractivity contribution in [1.82, 2.24) is 19.8 Å². The molecule has 0 bridgehead atoms. The van der Waals surface area contributed by atoms with Gasteiger partial charge in [0.25, 0.3) is 0 Å². The van der Waals surface area contributed by atoms with E-state index in [1.807, 2.05) is 49.4 Å². The standard InChI is InChI=1S/C30H40BrF3IN5O6S/c1-28(2,3)46-27(41)40-16-29(17-40)7-11-39(12-8-29)25-20-15-21(35)22(31)24(44-18-30(32,33)34)23(20)36-26(37-25)45-19-5-9-38(10-6-19)13-14-47(4,42)43/h15,19H,5-14,16-18H2,1-4H3. The Kier molecular flexibility index (Phi) is 10.7. The zero-order valence-corrected chi connectivity index (χ0v) is 31.4. The number of piperidine rings is 2. The summed E-state index contributed by atoms with van der Waals surface area (Å²) in [7, 11) is -3.07. The molecular weight excluding hydrogens is 822 g/mol. The molecule has 0 N–H and O–H groups in total. The van der Waals surface area contributed by atoms with E-state index in [1.165, 1.54) is 6.26 Å². The van der Waals surface area contributed by atoms with Crippen LogP contribution in [0.1, 0.15) is 46.5 Å². The van der Waals surface area contributed by atoms with E-state index in [4.69, 9.17) is 19.2 Å². The predicted molar refractivity (Wildman–Crippen MR) is 183 cm³/mol. The van der Waals surface area contributed by atoms with Crippen LogP contribution in [-0.4, -0.2) is 117 Å². The average Bonchev–Trinajstić information content (AvgIpc) is 2.94. The number of ether oxygens (including phenoxy) is 3. The van der Waals surface area contributed by atoms with Crippen LogP contribution in [-0.2, 0) is 14.6 Å². The second-order valence-electron chi connectivity index (χ2n) is 13.7. The lowest BCUT2D eigenvalue weighted by molar-refractivity contribution is -0.153. The van der Waals surface area contributed by atoms with Gasteiger partial charge in [-0.1, -0.05) is 0 Å². The molecule has 5 rings (SSSR count). The molecule has 47 heavy (non-hydrogen) atoms. The second kappa shape index (κ2) is 13.8. The van der Waals surface area contributed by atoms with Gasteiger partial charge < -0.3 is 28.9 Å². The molecule has 1 amide bonds. The highest BCUT2D eigenvalue weighted by atomic mass is 127. The minimum absolute atomic E-state index is 0.0287. The zero-order valence-electron chi connectivity index (χ0n) is 26.8. The Morgan fingerprint density at radius 3 is 2.32 bits per heavy atom. The fourth-order valence-corrected chi connectivity index (χ4v) is 7.71. The molecule has 3 saturated heterocycles. The summed E-state index contributed by atoms with van der Waals surface area (Å²) in [5.41, 5.74) is -0.382. The first kappa shape index (κ1) is 36.4. The molecule has 0 aliphatic carbocycles. The highest BCUT2D eigenvalue weighted by Crippen LogP contribution is 2.45. The van der Waals surface area contributed by atoms with Gasteiger partial charge in [-0.2, -0.15) is 23.1 Å². The Balaban J connectivity index is 1.37. The molecule has 3 fully saturated rings. The van der Waals surface area contributed by atoms with E-state index in [-0.39, 0.29) is 40.6 Å². The molecule has 3 aliphatic heterocycles. The number of anilines is 1. The van der Waals surface area contributed by atoms with Gasteiger partial charge in [-0.3, -0.25) is 0 Å². The monoisotopic (exact) mass is 861 g/mol. The summed E-state index contributed by atoms with van der Waals surface area (Å²) < 4.78 is 81.2. The molecule has 0 atom stereocenters. The lowest BCUT2D eigenvalue weighted by Gasteiger charge is -2.53. The van der Waals surface area contributed by atoms with Crippen molar-refractivity contribution in [1.29, 1.82) is 0 Å². The molecule has 1 aromatic carbocycles. The molecule has 3 aliphatic rings. The van der Waals surface area contributed by atoms with Gasteiger partial charge in [0.2, 0.25) is 0 Å². The normalized spacial score (nSPS) is 19.6. The van der Waals surface area contributed by atoms with E-state index in [0.29, 0.717) is 77.9 Å². The lowest BCUT2D eigenvalue weighted by atomic mass is 9.72. The summed E-state index contributed by atoms with van der Waals surface area (Å²) in [6.07, 6.45) is -1.07. The van der Waals surface area contributed by atoms with E-state index in [1.54, 1.807) is 4.90 Å². The summed E-state index contributed by atoms with van der Waals surface area (Å²) in [5, 5.41) is 0.553. The van der Waals surface area contributed by atoms with Crippen LogP contribution in [0, 0.1) is 8.99 Å². The van der Waals surface area contributed by atoms with Gasteiger partial charge in [-0.15, -0.1) is 0 Å². The summed E-state index contributed by atoms with van der Waals surface area (Å²) in [6.45, 7) is 8.22. The number of amides is 1. The number of likely N-dealkylation sites (tertiary alicyclic amines) is 2. The van der Waals surface area contributed by atoms with Crippen molar-refractivity contribution in [2.24, 2.45) is 5.41 Å². The molecule has 262 valence electrons. The number of nitrogens with zero attached hydrogens (tertiary/aromatic N) is 5. The van der Waals surface area contributed by atoms with Crippen molar-refractivity contribution in [3.63, 3.8) is 0 Å². The number of alkyl halides is 3. The Hall–Kier alpha value is -1.86. The van der Waals surface area contributed by atoms with E-state index < -0.39 is 28.2 Å². The van der Waals surface area contributed by atoms with Crippen molar-refractivity contribution in [3.8, 4) is 11.8 Å². The maximum atomic E-state index is 13.3. The highest BCUT2D eigenvalue weighted by Gasteiger charge is 2.48. The maximum Gasteiger partial charge on any atom is 0.422 e. The predicted octanol–water partition coefficient (Wildman–Crippen LogP) is 5.66. The van der Waals surface area contributed by atoms with Crippen LogP contribution in [0.2, 0.25) is 0 Å². The molecule has 1 aromatic heterocycles. The molecule has 2 aromatic rings. The first-order valence-electron chi connectivity index (χ1n) is 15.5. The molecule has 11 nitrogen and oxygen atoms in total. The molecule has 4 heterocycles. The van der Waals surface area contributed by atoms with Crippen molar-refractivity contribution in [3.05, 3.63) is 14.1 Å². The highest BCUT2D eigenvalue weighted by molar-refractivity contribution is 14.1. The molecule has 1 spiro atoms. The largest absolute Gasteiger partial charge is 0.481 e. The smallest absolute Gasteiger partial charge is 0.422 e. The van der Waals surface area contributed by atoms with E-state index in [0.717, 1.165) is 12.8 Å². The topological polar surface area (TPSA) is 114 Å². The molecule has 0 radical (unpaired) electrons. The Morgan fingerprint density at radius 2 is 1.74 bits per heavy atom. The van der Waals surface area contributed by atoms with Crippen LogP contribution in [0.3, 0.4) is 0 Å². The van der Waals surface area contributed by atoms with Crippen LogP contribution in [0.5, 0.6) is 11.8 Å². The zero-order chi connectivity index (χ0) is 34.4. The number of aromatic nitrogens is 2. The lowest BCUT2D eigenvalue weighted by Crippen LogP contribution is -2.62. The minimum Gasteiger partial charge on any atom is -0.481 e. The third-order valence-electron chi connectivity index (χ3n) is 8.59. The SMILES string of the molecule is CC(C)(C)OC(=O)N1CC2(CCN(c3nc(OC4CCN(CCS(C)(=O)=O)CC4)nc4c(OCC(F)(F)F)c(Br)c(I)cc34)CC2)C1. The van der Waals surface area contributed by atoms with Crippen LogP contribution >= 0.6 is 38.5 Å². The molecule has 17 heteroatoms. The van der Waals surface area contributed by atoms with Gasteiger partial charge in [0.15, 0.2) is 12.4 Å². The van der Waals surface area contributed by atoms with Crippen LogP contribution in [0.25, 0.3) is 10.9 Å². The van der Waals surface area contributed by atoms with Crippen molar-refractivity contribution in [2.45, 2.75) is 64.3 Å². The number of fused-ring (bicyclic) bond motifs is 1. The number of carbonyl (C=O) groups excluding carboxylic acids is 1. The van der Waals surface area contributed by atoms with Crippen LogP contribution in [0.4, 0.5) is 23.8 Å². The summed E-state index contributed by atoms with van der Waals surface area (Å²) in [4.78, 5) is 27.9. The molecule has 0 unspecified atom stereocenters. The van der Waals surface area contributed by atoms with E-state index in [2.05, 4.69) is 30.7 Å². The Labute approximate surface area is 295 Å². The first-order chi connectivity index (χ1) is 21.8. The Morgan fingerprint density at radius 1 is 1.11 bits per heavy atom. The van der Waals surface area contributed by atoms with Gasteiger partial charge in [-0.25, -0.2) is 13.2 Å². The Bertz CT molecular complexity index is 1590.